The summed E-state index contributed by atoms with van der Waals surface area (Å²) in [6.45, 7) is 5.23. The number of anilines is 1. The van der Waals surface area contributed by atoms with Crippen LogP contribution in [0.4, 0.5) is 14.6 Å². The minimum Gasteiger partial charge on any atom is -0.356 e. The summed E-state index contributed by atoms with van der Waals surface area (Å²) in [4.78, 5) is 10.5. The Balaban J connectivity index is 2.08. The number of aromatic nitrogens is 2. The van der Waals surface area contributed by atoms with Gasteiger partial charge in [-0.2, -0.15) is 0 Å². The molecule has 0 saturated carbocycles. The minimum atomic E-state index is -2.19. The minimum absolute atomic E-state index is 0.450. The van der Waals surface area contributed by atoms with Gasteiger partial charge >= 0.3 is 0 Å². The van der Waals surface area contributed by atoms with Gasteiger partial charge in [-0.25, -0.2) is 18.7 Å². The highest BCUT2D eigenvalue weighted by Crippen LogP contribution is 2.27. The standard InChI is InChI=1S/C12H17F2N3/c1-8-9(2)15-7-16-12(8)17-5-3-10(4-6-17)11(13)14/h7,10-11H,3-6H2,1-2H3. The van der Waals surface area contributed by atoms with Gasteiger partial charge in [0.15, 0.2) is 0 Å². The number of hydrogen-bond donors (Lipinski definition) is 0. The van der Waals surface area contributed by atoms with E-state index in [1.54, 1.807) is 0 Å². The second kappa shape index (κ2) is 4.94. The smallest absolute Gasteiger partial charge is 0.241 e. The molecule has 1 aromatic rings. The highest BCUT2D eigenvalue weighted by atomic mass is 19.3. The summed E-state index contributed by atoms with van der Waals surface area (Å²) in [7, 11) is 0. The molecule has 5 heteroatoms. The second-order valence-electron chi connectivity index (χ2n) is 4.57. The molecule has 0 atom stereocenters. The fourth-order valence-corrected chi connectivity index (χ4v) is 2.21. The maximum Gasteiger partial charge on any atom is 0.241 e. The van der Waals surface area contributed by atoms with Gasteiger partial charge in [-0.3, -0.25) is 0 Å². The molecule has 2 rings (SSSR count). The first-order valence-electron chi connectivity index (χ1n) is 5.91. The molecule has 0 aliphatic carbocycles. The average molecular weight is 241 g/mol. The summed E-state index contributed by atoms with van der Waals surface area (Å²) >= 11 is 0. The number of hydrogen-bond acceptors (Lipinski definition) is 3. The van der Waals surface area contributed by atoms with Crippen LogP contribution >= 0.6 is 0 Å². The summed E-state index contributed by atoms with van der Waals surface area (Å²) < 4.78 is 25.1. The Bertz CT molecular complexity index is 387. The molecule has 17 heavy (non-hydrogen) atoms. The highest BCUT2D eigenvalue weighted by molar-refractivity contribution is 5.47. The van der Waals surface area contributed by atoms with Crippen LogP contribution in [0.25, 0.3) is 0 Å². The Hall–Kier alpha value is -1.26. The molecule has 0 bridgehead atoms. The van der Waals surface area contributed by atoms with Crippen molar-refractivity contribution in [3.8, 4) is 0 Å². The molecule has 1 aliphatic heterocycles. The van der Waals surface area contributed by atoms with Gasteiger partial charge in [-0.1, -0.05) is 0 Å². The van der Waals surface area contributed by atoms with Crippen molar-refractivity contribution in [2.45, 2.75) is 33.1 Å². The lowest BCUT2D eigenvalue weighted by Gasteiger charge is -2.33. The van der Waals surface area contributed by atoms with Crippen molar-refractivity contribution < 1.29 is 8.78 Å². The molecule has 94 valence electrons. The largest absolute Gasteiger partial charge is 0.356 e. The van der Waals surface area contributed by atoms with Crippen LogP contribution in [-0.4, -0.2) is 29.5 Å². The lowest BCUT2D eigenvalue weighted by molar-refractivity contribution is 0.0635. The van der Waals surface area contributed by atoms with E-state index in [0.717, 1.165) is 17.1 Å². The van der Waals surface area contributed by atoms with Crippen molar-refractivity contribution in [2.24, 2.45) is 5.92 Å². The predicted molar refractivity (Wildman–Crippen MR) is 62.4 cm³/mol. The number of rotatable bonds is 2. The number of nitrogens with zero attached hydrogens (tertiary/aromatic N) is 3. The zero-order valence-electron chi connectivity index (χ0n) is 10.2. The summed E-state index contributed by atoms with van der Waals surface area (Å²) in [5.74, 6) is 0.444. The quantitative estimate of drug-likeness (QED) is 0.797. The highest BCUT2D eigenvalue weighted by Gasteiger charge is 2.27. The van der Waals surface area contributed by atoms with E-state index in [1.807, 2.05) is 13.8 Å². The van der Waals surface area contributed by atoms with E-state index in [4.69, 9.17) is 0 Å². The molecule has 1 fully saturated rings. The zero-order chi connectivity index (χ0) is 12.4. The first-order chi connectivity index (χ1) is 8.09. The van der Waals surface area contributed by atoms with Gasteiger partial charge in [0.05, 0.1) is 0 Å². The molecule has 2 heterocycles. The molecule has 0 unspecified atom stereocenters. The topological polar surface area (TPSA) is 29.0 Å². The van der Waals surface area contributed by atoms with Crippen LogP contribution < -0.4 is 4.90 Å². The van der Waals surface area contributed by atoms with Crippen molar-refractivity contribution in [3.05, 3.63) is 17.6 Å². The van der Waals surface area contributed by atoms with Crippen LogP contribution in [0.2, 0.25) is 0 Å². The van der Waals surface area contributed by atoms with Gasteiger partial charge in [0.2, 0.25) is 6.43 Å². The van der Waals surface area contributed by atoms with Gasteiger partial charge in [-0.15, -0.1) is 0 Å². The number of aryl methyl sites for hydroxylation is 1. The Morgan fingerprint density at radius 3 is 2.47 bits per heavy atom. The SMILES string of the molecule is Cc1ncnc(N2CCC(C(F)F)CC2)c1C. The molecular weight excluding hydrogens is 224 g/mol. The van der Waals surface area contributed by atoms with E-state index in [1.165, 1.54) is 6.33 Å². The molecule has 0 spiro atoms. The van der Waals surface area contributed by atoms with Crippen LogP contribution in [0, 0.1) is 19.8 Å². The van der Waals surface area contributed by atoms with Crippen LogP contribution in [0.15, 0.2) is 6.33 Å². The maximum atomic E-state index is 12.5. The molecule has 1 aromatic heterocycles. The van der Waals surface area contributed by atoms with E-state index >= 15 is 0 Å². The third kappa shape index (κ3) is 2.53. The maximum absolute atomic E-state index is 12.5. The predicted octanol–water partition coefficient (Wildman–Crippen LogP) is 2.57. The van der Waals surface area contributed by atoms with Crippen LogP contribution in [0.1, 0.15) is 24.1 Å². The molecular formula is C12H17F2N3. The fourth-order valence-electron chi connectivity index (χ4n) is 2.21. The normalized spacial score (nSPS) is 17.8. The van der Waals surface area contributed by atoms with E-state index < -0.39 is 12.3 Å². The molecule has 3 nitrogen and oxygen atoms in total. The van der Waals surface area contributed by atoms with Crippen LogP contribution in [0.3, 0.4) is 0 Å². The monoisotopic (exact) mass is 241 g/mol. The number of piperidine rings is 1. The fraction of sp³-hybridized carbons (Fsp3) is 0.667. The van der Waals surface area contributed by atoms with Crippen LogP contribution in [-0.2, 0) is 0 Å². The third-order valence-corrected chi connectivity index (χ3v) is 3.51. The van der Waals surface area contributed by atoms with Gasteiger partial charge in [0, 0.05) is 30.3 Å². The Morgan fingerprint density at radius 1 is 1.24 bits per heavy atom. The van der Waals surface area contributed by atoms with Gasteiger partial charge in [0.25, 0.3) is 0 Å². The Morgan fingerprint density at radius 2 is 1.88 bits per heavy atom. The van der Waals surface area contributed by atoms with Crippen molar-refractivity contribution in [1.29, 1.82) is 0 Å². The van der Waals surface area contributed by atoms with Crippen molar-refractivity contribution in [2.75, 3.05) is 18.0 Å². The third-order valence-electron chi connectivity index (χ3n) is 3.51. The lowest BCUT2D eigenvalue weighted by Crippen LogP contribution is -2.36. The second-order valence-corrected chi connectivity index (χ2v) is 4.57. The zero-order valence-corrected chi connectivity index (χ0v) is 10.2. The van der Waals surface area contributed by atoms with Crippen LogP contribution in [0.5, 0.6) is 0 Å². The molecule has 1 aliphatic rings. The lowest BCUT2D eigenvalue weighted by atomic mass is 9.97. The summed E-state index contributed by atoms with van der Waals surface area (Å²) in [5.41, 5.74) is 1.99. The molecule has 0 radical (unpaired) electrons. The first-order valence-corrected chi connectivity index (χ1v) is 5.91. The van der Waals surface area contributed by atoms with Crippen molar-refractivity contribution in [3.63, 3.8) is 0 Å². The van der Waals surface area contributed by atoms with E-state index in [9.17, 15) is 8.78 Å². The first kappa shape index (κ1) is 12.2. The molecule has 0 aromatic carbocycles. The number of alkyl halides is 2. The van der Waals surface area contributed by atoms with Crippen molar-refractivity contribution >= 4 is 5.82 Å². The van der Waals surface area contributed by atoms with Gasteiger partial charge in [-0.05, 0) is 26.7 Å². The Kier molecular flexibility index (Phi) is 3.54. The Labute approximate surface area is 99.9 Å². The molecule has 1 saturated heterocycles. The van der Waals surface area contributed by atoms with E-state index in [-0.39, 0.29) is 0 Å². The summed E-state index contributed by atoms with van der Waals surface area (Å²) in [5, 5.41) is 0. The summed E-state index contributed by atoms with van der Waals surface area (Å²) in [6.07, 6.45) is 0.433. The van der Waals surface area contributed by atoms with Gasteiger partial charge < -0.3 is 4.90 Å². The van der Waals surface area contributed by atoms with Gasteiger partial charge in [0.1, 0.15) is 12.1 Å². The van der Waals surface area contributed by atoms with E-state index in [0.29, 0.717) is 25.9 Å². The summed E-state index contributed by atoms with van der Waals surface area (Å²) in [6, 6.07) is 0. The van der Waals surface area contributed by atoms with E-state index in [2.05, 4.69) is 14.9 Å². The molecule has 0 N–H and O–H groups in total. The average Bonchev–Trinajstić information content (AvgIpc) is 2.33. The van der Waals surface area contributed by atoms with Crippen molar-refractivity contribution in [1.82, 2.24) is 9.97 Å². The molecule has 0 amide bonds. The number of halogens is 2.